The van der Waals surface area contributed by atoms with Crippen LogP contribution in [0.2, 0.25) is 0 Å². The summed E-state index contributed by atoms with van der Waals surface area (Å²) in [5, 5.41) is 0. The lowest BCUT2D eigenvalue weighted by Gasteiger charge is -2.20. The number of anilines is 2. The highest BCUT2D eigenvalue weighted by Gasteiger charge is 2.30. The molecule has 25 heavy (non-hydrogen) atoms. The van der Waals surface area contributed by atoms with Crippen LogP contribution in [0.15, 0.2) is 45.8 Å². The van der Waals surface area contributed by atoms with Gasteiger partial charge in [0.15, 0.2) is 0 Å². The molecule has 1 heterocycles. The lowest BCUT2D eigenvalue weighted by atomic mass is 10.1. The normalized spacial score (nSPS) is 16.6. The van der Waals surface area contributed by atoms with E-state index in [1.54, 1.807) is 35.2 Å². The molecule has 0 saturated heterocycles. The Morgan fingerprint density at radius 1 is 1.24 bits per heavy atom. The van der Waals surface area contributed by atoms with Crippen LogP contribution in [0.4, 0.5) is 11.4 Å². The number of hydrogen-bond acceptors (Lipinski definition) is 3. The molecular formula is C18H19BrN2O3S. The molecule has 0 fully saturated rings. The van der Waals surface area contributed by atoms with E-state index < -0.39 is 10.0 Å². The summed E-state index contributed by atoms with van der Waals surface area (Å²) < 4.78 is 28.8. The first kappa shape index (κ1) is 17.9. The van der Waals surface area contributed by atoms with Crippen LogP contribution in [-0.2, 0) is 21.2 Å². The largest absolute Gasteiger partial charge is 0.309 e. The van der Waals surface area contributed by atoms with Crippen molar-refractivity contribution >= 4 is 43.2 Å². The smallest absolute Gasteiger partial charge is 0.261 e. The van der Waals surface area contributed by atoms with Crippen LogP contribution in [0.3, 0.4) is 0 Å². The molecule has 0 bridgehead atoms. The Hall–Kier alpha value is -1.86. The molecule has 1 aliphatic heterocycles. The third-order valence-corrected chi connectivity index (χ3v) is 6.57. The highest BCUT2D eigenvalue weighted by molar-refractivity contribution is 9.10. The number of fused-ring (bicyclic) bond motifs is 1. The van der Waals surface area contributed by atoms with Gasteiger partial charge in [-0.2, -0.15) is 0 Å². The first-order chi connectivity index (χ1) is 11.7. The summed E-state index contributed by atoms with van der Waals surface area (Å²) in [6, 6.07) is 10.2. The summed E-state index contributed by atoms with van der Waals surface area (Å²) >= 11 is 3.40. The molecule has 7 heteroatoms. The van der Waals surface area contributed by atoms with Crippen LogP contribution in [0, 0.1) is 6.92 Å². The second-order valence-corrected chi connectivity index (χ2v) is 8.84. The third-order valence-electron chi connectivity index (χ3n) is 4.34. The van der Waals surface area contributed by atoms with Gasteiger partial charge < -0.3 is 4.90 Å². The number of sulfonamides is 1. The number of halogens is 1. The number of amides is 1. The van der Waals surface area contributed by atoms with E-state index in [0.717, 1.165) is 21.3 Å². The minimum absolute atomic E-state index is 0.0338. The average molecular weight is 423 g/mol. The lowest BCUT2D eigenvalue weighted by Crippen LogP contribution is -2.33. The average Bonchev–Trinajstić information content (AvgIpc) is 2.85. The third kappa shape index (κ3) is 3.43. The fraction of sp³-hybridized carbons (Fsp3) is 0.278. The Labute approximate surface area is 156 Å². The molecular weight excluding hydrogens is 404 g/mol. The van der Waals surface area contributed by atoms with Gasteiger partial charge in [0.2, 0.25) is 5.91 Å². The number of aryl methyl sites for hydroxylation is 1. The van der Waals surface area contributed by atoms with E-state index in [9.17, 15) is 13.2 Å². The topological polar surface area (TPSA) is 66.5 Å². The van der Waals surface area contributed by atoms with Crippen LogP contribution in [0.5, 0.6) is 0 Å². The SMILES string of the molecule is CC(=O)N1c2ccc(S(=O)(=O)Nc3ccc(C)c(Br)c3)cc2CC1C. The van der Waals surface area contributed by atoms with Gasteiger partial charge in [0, 0.05) is 28.8 Å². The zero-order chi connectivity index (χ0) is 18.4. The van der Waals surface area contributed by atoms with E-state index in [4.69, 9.17) is 0 Å². The van der Waals surface area contributed by atoms with Gasteiger partial charge >= 0.3 is 0 Å². The van der Waals surface area contributed by atoms with E-state index in [0.29, 0.717) is 12.1 Å². The molecule has 0 aliphatic carbocycles. The van der Waals surface area contributed by atoms with E-state index in [1.165, 1.54) is 6.92 Å². The van der Waals surface area contributed by atoms with Crippen LogP contribution >= 0.6 is 15.9 Å². The number of nitrogens with one attached hydrogen (secondary N) is 1. The number of rotatable bonds is 3. The Morgan fingerprint density at radius 3 is 2.60 bits per heavy atom. The summed E-state index contributed by atoms with van der Waals surface area (Å²) in [6.45, 7) is 5.41. The first-order valence-corrected chi connectivity index (χ1v) is 10.2. The van der Waals surface area contributed by atoms with Crippen molar-refractivity contribution in [2.24, 2.45) is 0 Å². The van der Waals surface area contributed by atoms with Gasteiger partial charge in [0.25, 0.3) is 10.0 Å². The Morgan fingerprint density at radius 2 is 1.96 bits per heavy atom. The number of carbonyl (C=O) groups is 1. The second kappa shape index (κ2) is 6.46. The van der Waals surface area contributed by atoms with Crippen molar-refractivity contribution in [3.05, 3.63) is 52.0 Å². The number of hydrogen-bond donors (Lipinski definition) is 1. The summed E-state index contributed by atoms with van der Waals surface area (Å²) in [5.74, 6) is -0.0375. The number of carbonyl (C=O) groups excluding carboxylic acids is 1. The molecule has 0 saturated carbocycles. The van der Waals surface area contributed by atoms with Crippen molar-refractivity contribution in [1.82, 2.24) is 0 Å². The van der Waals surface area contributed by atoms with E-state index in [-0.39, 0.29) is 16.8 Å². The highest BCUT2D eigenvalue weighted by atomic mass is 79.9. The molecule has 1 unspecified atom stereocenters. The van der Waals surface area contributed by atoms with Gasteiger partial charge in [-0.3, -0.25) is 9.52 Å². The molecule has 1 aliphatic rings. The van der Waals surface area contributed by atoms with E-state index in [1.807, 2.05) is 19.9 Å². The molecule has 3 rings (SSSR count). The van der Waals surface area contributed by atoms with Gasteiger partial charge in [-0.15, -0.1) is 0 Å². The number of nitrogens with zero attached hydrogens (tertiary/aromatic N) is 1. The van der Waals surface area contributed by atoms with Gasteiger partial charge in [-0.05, 0) is 61.7 Å². The quantitative estimate of drug-likeness (QED) is 0.816. The molecule has 0 radical (unpaired) electrons. The van der Waals surface area contributed by atoms with Crippen molar-refractivity contribution in [3.8, 4) is 0 Å². The van der Waals surface area contributed by atoms with Crippen molar-refractivity contribution in [2.45, 2.75) is 38.1 Å². The molecule has 0 aromatic heterocycles. The fourth-order valence-electron chi connectivity index (χ4n) is 3.12. The first-order valence-electron chi connectivity index (χ1n) is 7.91. The molecule has 1 atom stereocenters. The highest BCUT2D eigenvalue weighted by Crippen LogP contribution is 2.34. The zero-order valence-electron chi connectivity index (χ0n) is 14.2. The monoisotopic (exact) mass is 422 g/mol. The fourth-order valence-corrected chi connectivity index (χ4v) is 4.60. The minimum Gasteiger partial charge on any atom is -0.309 e. The minimum atomic E-state index is -3.69. The maximum atomic E-state index is 12.7. The van der Waals surface area contributed by atoms with E-state index >= 15 is 0 Å². The van der Waals surface area contributed by atoms with Crippen molar-refractivity contribution < 1.29 is 13.2 Å². The standard InChI is InChI=1S/C18H19BrN2O3S/c1-11-4-5-15(10-17(11)19)20-25(23,24)16-6-7-18-14(9-16)8-12(2)21(18)13(3)22/h4-7,9-10,12,20H,8H2,1-3H3. The summed E-state index contributed by atoms with van der Waals surface area (Å²) in [5.41, 5.74) is 3.18. The van der Waals surface area contributed by atoms with E-state index in [2.05, 4.69) is 20.7 Å². The molecule has 1 N–H and O–H groups in total. The van der Waals surface area contributed by atoms with Gasteiger partial charge in [0.1, 0.15) is 0 Å². The van der Waals surface area contributed by atoms with Gasteiger partial charge in [-0.1, -0.05) is 22.0 Å². The summed E-state index contributed by atoms with van der Waals surface area (Å²) in [6.07, 6.45) is 0.647. The predicted octanol–water partition coefficient (Wildman–Crippen LogP) is 3.86. The Balaban J connectivity index is 1.93. The molecule has 1 amide bonds. The second-order valence-electron chi connectivity index (χ2n) is 6.30. The van der Waals surface area contributed by atoms with Crippen molar-refractivity contribution in [3.63, 3.8) is 0 Å². The number of benzene rings is 2. The molecule has 132 valence electrons. The Kier molecular flexibility index (Phi) is 4.64. The van der Waals surface area contributed by atoms with Crippen LogP contribution in [0.25, 0.3) is 0 Å². The van der Waals surface area contributed by atoms with Gasteiger partial charge in [0.05, 0.1) is 4.90 Å². The maximum Gasteiger partial charge on any atom is 0.261 e. The molecule has 5 nitrogen and oxygen atoms in total. The van der Waals surface area contributed by atoms with Crippen molar-refractivity contribution in [2.75, 3.05) is 9.62 Å². The van der Waals surface area contributed by atoms with Gasteiger partial charge in [-0.25, -0.2) is 8.42 Å². The van der Waals surface area contributed by atoms with Crippen LogP contribution in [-0.4, -0.2) is 20.4 Å². The van der Waals surface area contributed by atoms with Crippen molar-refractivity contribution in [1.29, 1.82) is 0 Å². The summed E-state index contributed by atoms with van der Waals surface area (Å²) in [4.78, 5) is 13.7. The molecule has 2 aromatic rings. The van der Waals surface area contributed by atoms with Crippen LogP contribution < -0.4 is 9.62 Å². The lowest BCUT2D eigenvalue weighted by molar-refractivity contribution is -0.116. The van der Waals surface area contributed by atoms with Crippen LogP contribution in [0.1, 0.15) is 25.0 Å². The summed E-state index contributed by atoms with van der Waals surface area (Å²) in [7, 11) is -3.69. The molecule has 0 spiro atoms. The zero-order valence-corrected chi connectivity index (χ0v) is 16.6. The maximum absolute atomic E-state index is 12.7. The Bertz CT molecular complexity index is 957. The molecule has 2 aromatic carbocycles. The predicted molar refractivity (Wildman–Crippen MR) is 102 cm³/mol.